The van der Waals surface area contributed by atoms with Gasteiger partial charge in [0.15, 0.2) is 0 Å². The Balaban J connectivity index is 1.57. The highest BCUT2D eigenvalue weighted by molar-refractivity contribution is 9.10. The van der Waals surface area contributed by atoms with Crippen LogP contribution >= 0.6 is 15.9 Å². The maximum atomic E-state index is 13.7. The van der Waals surface area contributed by atoms with Crippen LogP contribution in [0.2, 0.25) is 0 Å². The number of halogens is 2. The highest BCUT2D eigenvalue weighted by atomic mass is 79.9. The minimum atomic E-state index is -3.67. The van der Waals surface area contributed by atoms with Gasteiger partial charge in [0.25, 0.3) is 5.91 Å². The lowest BCUT2D eigenvalue weighted by atomic mass is 9.97. The first kappa shape index (κ1) is 27.7. The lowest BCUT2D eigenvalue weighted by Gasteiger charge is -2.13. The number of anilines is 1. The maximum Gasteiger partial charge on any atom is 0.255 e. The Kier molecular flexibility index (Phi) is 7.07. The maximum absolute atomic E-state index is 13.7. The van der Waals surface area contributed by atoms with Gasteiger partial charge in [0.1, 0.15) is 23.0 Å². The van der Waals surface area contributed by atoms with Gasteiger partial charge in [0.05, 0.1) is 28.0 Å². The van der Waals surface area contributed by atoms with Gasteiger partial charge in [-0.05, 0) is 67.1 Å². The predicted octanol–water partition coefficient (Wildman–Crippen LogP) is 7.33. The van der Waals surface area contributed by atoms with Crippen molar-refractivity contribution < 1.29 is 22.0 Å². The second-order valence-corrected chi connectivity index (χ2v) is 12.5. The molecule has 0 saturated carbocycles. The number of rotatable bonds is 7. The number of benzene rings is 4. The van der Waals surface area contributed by atoms with Gasteiger partial charge in [-0.15, -0.1) is 0 Å². The minimum absolute atomic E-state index is 0.137. The second kappa shape index (κ2) is 10.7. The molecule has 42 heavy (non-hydrogen) atoms. The van der Waals surface area contributed by atoms with E-state index >= 15 is 0 Å². The molecule has 6 aromatic rings. The van der Waals surface area contributed by atoms with Gasteiger partial charge in [0, 0.05) is 39.7 Å². The average Bonchev–Trinajstić information content (AvgIpc) is 3.57. The van der Waals surface area contributed by atoms with Gasteiger partial charge in [-0.25, -0.2) is 17.8 Å². The van der Waals surface area contributed by atoms with Crippen LogP contribution in [0.15, 0.2) is 87.8 Å². The fourth-order valence-corrected chi connectivity index (χ4v) is 5.82. The van der Waals surface area contributed by atoms with Crippen LogP contribution in [0, 0.1) is 5.82 Å². The number of carbonyl (C=O) groups excluding carboxylic acids is 1. The highest BCUT2D eigenvalue weighted by Crippen LogP contribution is 2.41. The van der Waals surface area contributed by atoms with Gasteiger partial charge < -0.3 is 14.7 Å². The van der Waals surface area contributed by atoms with Crippen LogP contribution in [0.25, 0.3) is 55.8 Å². The molecule has 0 aliphatic heterocycles. The molecule has 0 radical (unpaired) electrons. The van der Waals surface area contributed by atoms with Gasteiger partial charge in [-0.2, -0.15) is 0 Å². The normalized spacial score (nSPS) is 11.7. The standard InChI is InChI=1S/C31H24BrFN4O4S/c1-3-42(39,40)37-25-16-27-23(28(31(38)34-2)29(41-27)17-7-10-21(33)11-8-17)15-22(25)18-5-4-6-19(13-18)30-35-24-12-9-20(32)14-26(24)36-30/h4-16,37H,3H2,1-2H3,(H,34,38)(H,35,36). The number of hydrogen-bond donors (Lipinski definition) is 3. The fourth-order valence-electron chi connectivity index (χ4n) is 4.81. The third-order valence-corrected chi connectivity index (χ3v) is 8.71. The SMILES string of the molecule is CCS(=O)(=O)Nc1cc2oc(-c3ccc(F)cc3)c(C(=O)NC)c2cc1-c1cccc(-c2nc3ccc(Br)cc3[nH]2)c1. The number of amides is 1. The number of fused-ring (bicyclic) bond motifs is 2. The fraction of sp³-hybridized carbons (Fsp3) is 0.0968. The molecule has 0 atom stereocenters. The van der Waals surface area contributed by atoms with Gasteiger partial charge in [-0.1, -0.05) is 34.1 Å². The van der Waals surface area contributed by atoms with Crippen molar-refractivity contribution in [2.45, 2.75) is 6.92 Å². The van der Waals surface area contributed by atoms with Crippen molar-refractivity contribution in [1.82, 2.24) is 15.3 Å². The number of hydrogen-bond acceptors (Lipinski definition) is 5. The van der Waals surface area contributed by atoms with Crippen molar-refractivity contribution in [3.8, 4) is 33.8 Å². The predicted molar refractivity (Wildman–Crippen MR) is 166 cm³/mol. The number of nitrogens with one attached hydrogen (secondary N) is 3. The van der Waals surface area contributed by atoms with E-state index < -0.39 is 21.7 Å². The zero-order valence-electron chi connectivity index (χ0n) is 22.5. The monoisotopic (exact) mass is 646 g/mol. The van der Waals surface area contributed by atoms with E-state index in [0.717, 1.165) is 21.1 Å². The summed E-state index contributed by atoms with van der Waals surface area (Å²) in [7, 11) is -2.16. The summed E-state index contributed by atoms with van der Waals surface area (Å²) >= 11 is 3.48. The Morgan fingerprint density at radius 2 is 1.76 bits per heavy atom. The van der Waals surface area contributed by atoms with Crippen molar-refractivity contribution in [3.05, 3.63) is 94.7 Å². The Morgan fingerprint density at radius 1 is 1.00 bits per heavy atom. The molecule has 212 valence electrons. The van der Waals surface area contributed by atoms with Crippen molar-refractivity contribution in [3.63, 3.8) is 0 Å². The molecule has 6 rings (SSSR count). The van der Waals surface area contributed by atoms with Crippen LogP contribution in [0.4, 0.5) is 10.1 Å². The van der Waals surface area contributed by atoms with E-state index in [0.29, 0.717) is 33.5 Å². The first-order valence-corrected chi connectivity index (χ1v) is 15.5. The number of sulfonamides is 1. The molecule has 11 heteroatoms. The van der Waals surface area contributed by atoms with Crippen LogP contribution in [0.5, 0.6) is 0 Å². The van der Waals surface area contributed by atoms with E-state index in [1.54, 1.807) is 19.1 Å². The smallest absolute Gasteiger partial charge is 0.255 e. The Morgan fingerprint density at radius 3 is 2.50 bits per heavy atom. The molecule has 0 aliphatic rings. The molecule has 0 unspecified atom stereocenters. The zero-order valence-corrected chi connectivity index (χ0v) is 24.9. The minimum Gasteiger partial charge on any atom is -0.455 e. The summed E-state index contributed by atoms with van der Waals surface area (Å²) in [5, 5.41) is 3.12. The second-order valence-electron chi connectivity index (χ2n) is 9.62. The van der Waals surface area contributed by atoms with E-state index in [9.17, 15) is 17.6 Å². The van der Waals surface area contributed by atoms with Crippen LogP contribution in [-0.4, -0.2) is 37.1 Å². The average molecular weight is 648 g/mol. The largest absolute Gasteiger partial charge is 0.455 e. The number of aromatic amines is 1. The topological polar surface area (TPSA) is 117 Å². The summed E-state index contributed by atoms with van der Waals surface area (Å²) in [5.74, 6) is -0.0701. The first-order chi connectivity index (χ1) is 20.2. The van der Waals surface area contributed by atoms with Gasteiger partial charge in [0.2, 0.25) is 10.0 Å². The quantitative estimate of drug-likeness (QED) is 0.168. The highest BCUT2D eigenvalue weighted by Gasteiger charge is 2.24. The molecule has 0 spiro atoms. The number of nitrogens with zero attached hydrogens (tertiary/aromatic N) is 1. The summed E-state index contributed by atoms with van der Waals surface area (Å²) < 4.78 is 48.8. The third kappa shape index (κ3) is 5.17. The van der Waals surface area contributed by atoms with Gasteiger partial charge in [-0.3, -0.25) is 9.52 Å². The van der Waals surface area contributed by atoms with Crippen LogP contribution in [0.1, 0.15) is 17.3 Å². The van der Waals surface area contributed by atoms with E-state index in [-0.39, 0.29) is 22.8 Å². The number of H-pyrrole nitrogens is 1. The van der Waals surface area contributed by atoms with E-state index in [1.165, 1.54) is 31.3 Å². The van der Waals surface area contributed by atoms with Crippen LogP contribution in [-0.2, 0) is 10.0 Å². The van der Waals surface area contributed by atoms with Crippen molar-refractivity contribution in [1.29, 1.82) is 0 Å². The molecule has 0 fully saturated rings. The van der Waals surface area contributed by atoms with E-state index in [2.05, 4.69) is 31.0 Å². The third-order valence-electron chi connectivity index (χ3n) is 6.93. The Hall–Kier alpha value is -4.48. The molecule has 0 aliphatic carbocycles. The number of imidazole rings is 1. The number of aromatic nitrogens is 2. The summed E-state index contributed by atoms with van der Waals surface area (Å²) in [6.45, 7) is 1.55. The molecule has 2 heterocycles. The first-order valence-electron chi connectivity index (χ1n) is 13.0. The molecule has 0 saturated heterocycles. The van der Waals surface area contributed by atoms with Crippen molar-refractivity contribution in [2.24, 2.45) is 0 Å². The Bertz CT molecular complexity index is 2100. The molecule has 4 aromatic carbocycles. The molecule has 0 bridgehead atoms. The number of furan rings is 1. The molecule has 1 amide bonds. The van der Waals surface area contributed by atoms with Gasteiger partial charge >= 0.3 is 0 Å². The summed E-state index contributed by atoms with van der Waals surface area (Å²) in [4.78, 5) is 21.2. The van der Waals surface area contributed by atoms with Crippen molar-refractivity contribution in [2.75, 3.05) is 17.5 Å². The molecule has 2 aromatic heterocycles. The van der Waals surface area contributed by atoms with Crippen LogP contribution < -0.4 is 10.0 Å². The van der Waals surface area contributed by atoms with Crippen LogP contribution in [0.3, 0.4) is 0 Å². The van der Waals surface area contributed by atoms with Crippen molar-refractivity contribution >= 4 is 59.6 Å². The van der Waals surface area contributed by atoms with E-state index in [1.807, 2.05) is 42.5 Å². The Labute approximate surface area is 249 Å². The molecular formula is C31H24BrFN4O4S. The van der Waals surface area contributed by atoms with E-state index in [4.69, 9.17) is 9.40 Å². The lowest BCUT2D eigenvalue weighted by molar-refractivity contribution is 0.0964. The zero-order chi connectivity index (χ0) is 29.6. The summed E-state index contributed by atoms with van der Waals surface area (Å²) in [5.41, 5.74) is 5.03. The summed E-state index contributed by atoms with van der Waals surface area (Å²) in [6, 6.07) is 22.2. The molecular weight excluding hydrogens is 623 g/mol. The summed E-state index contributed by atoms with van der Waals surface area (Å²) in [6.07, 6.45) is 0. The lowest BCUT2D eigenvalue weighted by Crippen LogP contribution is -2.18. The molecule has 8 nitrogen and oxygen atoms in total. The molecule has 3 N–H and O–H groups in total. The number of carbonyl (C=O) groups is 1.